The normalized spacial score (nSPS) is 11.9. The summed E-state index contributed by atoms with van der Waals surface area (Å²) in [5, 5.41) is 4.24. The molecule has 4 nitrogen and oxygen atoms in total. The van der Waals surface area contributed by atoms with Gasteiger partial charge in [0.05, 0.1) is 12.6 Å². The van der Waals surface area contributed by atoms with Crippen molar-refractivity contribution in [2.45, 2.75) is 19.9 Å². The van der Waals surface area contributed by atoms with Gasteiger partial charge in [-0.25, -0.2) is 0 Å². The molecule has 1 atom stereocenters. The van der Waals surface area contributed by atoms with Crippen LogP contribution in [-0.2, 0) is 0 Å². The molecule has 0 radical (unpaired) electrons. The van der Waals surface area contributed by atoms with Crippen molar-refractivity contribution in [2.75, 3.05) is 19.6 Å². The van der Waals surface area contributed by atoms with Crippen molar-refractivity contribution in [3.63, 3.8) is 0 Å². The number of nitrogens with two attached hydrogens (primary N) is 2. The van der Waals surface area contributed by atoms with Gasteiger partial charge in [-0.2, -0.15) is 11.3 Å². The average molecular weight is 368 g/mol. The second-order valence-electron chi connectivity index (χ2n) is 3.56. The lowest BCUT2D eigenvalue weighted by Crippen LogP contribution is -2.32. The third kappa shape index (κ3) is 5.22. The maximum atomic E-state index is 5.39. The predicted octanol–water partition coefficient (Wildman–Crippen LogP) is 2.02. The van der Waals surface area contributed by atoms with Crippen molar-refractivity contribution >= 4 is 41.3 Å². The van der Waals surface area contributed by atoms with Crippen LogP contribution in [0.5, 0.6) is 0 Å². The molecule has 1 heterocycles. The Balaban J connectivity index is 0.00000256. The standard InChI is InChI=1S/C11H20N4S.HI/c1-3-15(4-2)10(7-14-11(12)13)9-5-6-16-8-9;/h5-6,8,10H,3-4,7H2,1-2H3,(H4,12,13,14);1H. The molecule has 1 aromatic heterocycles. The number of likely N-dealkylation sites (N-methyl/N-ethyl adjacent to an activating group) is 1. The smallest absolute Gasteiger partial charge is 0.185 e. The molecule has 1 aromatic rings. The van der Waals surface area contributed by atoms with Gasteiger partial charge in [0.2, 0.25) is 0 Å². The Morgan fingerprint density at radius 2 is 2.06 bits per heavy atom. The Labute approximate surface area is 124 Å². The van der Waals surface area contributed by atoms with E-state index >= 15 is 0 Å². The Bertz CT molecular complexity index is 318. The summed E-state index contributed by atoms with van der Waals surface area (Å²) in [4.78, 5) is 6.49. The van der Waals surface area contributed by atoms with Crippen molar-refractivity contribution in [1.82, 2.24) is 4.90 Å². The Morgan fingerprint density at radius 1 is 1.41 bits per heavy atom. The van der Waals surface area contributed by atoms with E-state index in [0.717, 1.165) is 13.1 Å². The SMILES string of the molecule is CCN(CC)C(CN=C(N)N)c1ccsc1.I. The van der Waals surface area contributed by atoms with Crippen molar-refractivity contribution < 1.29 is 0 Å². The molecule has 0 aliphatic rings. The van der Waals surface area contributed by atoms with Gasteiger partial charge >= 0.3 is 0 Å². The Hall–Kier alpha value is -0.340. The van der Waals surface area contributed by atoms with Gasteiger partial charge in [-0.05, 0) is 35.5 Å². The lowest BCUT2D eigenvalue weighted by molar-refractivity contribution is 0.225. The molecule has 0 saturated carbocycles. The first-order valence-corrected chi connectivity index (χ1v) is 6.44. The quantitative estimate of drug-likeness (QED) is 0.459. The highest BCUT2D eigenvalue weighted by Gasteiger charge is 2.17. The van der Waals surface area contributed by atoms with E-state index in [0.29, 0.717) is 6.54 Å². The fourth-order valence-electron chi connectivity index (χ4n) is 1.75. The van der Waals surface area contributed by atoms with Gasteiger partial charge in [0.25, 0.3) is 0 Å². The molecule has 1 unspecified atom stereocenters. The van der Waals surface area contributed by atoms with Gasteiger partial charge in [0.15, 0.2) is 5.96 Å². The topological polar surface area (TPSA) is 67.6 Å². The van der Waals surface area contributed by atoms with E-state index in [4.69, 9.17) is 11.5 Å². The van der Waals surface area contributed by atoms with E-state index in [9.17, 15) is 0 Å². The summed E-state index contributed by atoms with van der Waals surface area (Å²) >= 11 is 1.70. The van der Waals surface area contributed by atoms with Crippen molar-refractivity contribution in [2.24, 2.45) is 16.5 Å². The van der Waals surface area contributed by atoms with Crippen LogP contribution in [0.1, 0.15) is 25.5 Å². The summed E-state index contributed by atoms with van der Waals surface area (Å²) in [6.07, 6.45) is 0. The third-order valence-electron chi connectivity index (χ3n) is 2.63. The number of halogens is 1. The largest absolute Gasteiger partial charge is 0.370 e. The minimum Gasteiger partial charge on any atom is -0.370 e. The summed E-state index contributed by atoms with van der Waals surface area (Å²) in [5.41, 5.74) is 12.1. The molecule has 6 heteroatoms. The third-order valence-corrected chi connectivity index (χ3v) is 3.33. The molecule has 4 N–H and O–H groups in total. The molecule has 0 fully saturated rings. The van der Waals surface area contributed by atoms with Crippen LogP contribution in [0, 0.1) is 0 Å². The van der Waals surface area contributed by atoms with Gasteiger partial charge in [0, 0.05) is 0 Å². The van der Waals surface area contributed by atoms with Crippen LogP contribution in [0.2, 0.25) is 0 Å². The maximum absolute atomic E-state index is 5.39. The molecule has 0 saturated heterocycles. The molecule has 0 bridgehead atoms. The van der Waals surface area contributed by atoms with Crippen LogP contribution in [0.3, 0.4) is 0 Å². The van der Waals surface area contributed by atoms with E-state index in [1.807, 2.05) is 0 Å². The molecule has 0 aromatic carbocycles. The molecular formula is C11H21IN4S. The Morgan fingerprint density at radius 3 is 2.47 bits per heavy atom. The van der Waals surface area contributed by atoms with Crippen molar-refractivity contribution in [1.29, 1.82) is 0 Å². The van der Waals surface area contributed by atoms with Gasteiger partial charge in [-0.15, -0.1) is 24.0 Å². The average Bonchev–Trinajstić information content (AvgIpc) is 2.77. The van der Waals surface area contributed by atoms with E-state index < -0.39 is 0 Å². The van der Waals surface area contributed by atoms with E-state index in [1.165, 1.54) is 5.56 Å². The lowest BCUT2D eigenvalue weighted by atomic mass is 10.1. The second-order valence-corrected chi connectivity index (χ2v) is 4.34. The predicted molar refractivity (Wildman–Crippen MR) is 86.1 cm³/mol. The van der Waals surface area contributed by atoms with Crippen LogP contribution < -0.4 is 11.5 Å². The van der Waals surface area contributed by atoms with Crippen LogP contribution in [0.4, 0.5) is 0 Å². The van der Waals surface area contributed by atoms with Gasteiger partial charge in [-0.3, -0.25) is 9.89 Å². The number of guanidine groups is 1. The minimum absolute atomic E-state index is 0. The number of rotatable bonds is 6. The summed E-state index contributed by atoms with van der Waals surface area (Å²) in [6.45, 7) is 6.92. The highest BCUT2D eigenvalue weighted by Crippen LogP contribution is 2.23. The van der Waals surface area contributed by atoms with Crippen LogP contribution >= 0.6 is 35.3 Å². The molecule has 0 aliphatic carbocycles. The maximum Gasteiger partial charge on any atom is 0.185 e. The number of hydrogen-bond donors (Lipinski definition) is 2. The number of nitrogens with zero attached hydrogens (tertiary/aromatic N) is 2. The molecule has 98 valence electrons. The fourth-order valence-corrected chi connectivity index (χ4v) is 2.46. The van der Waals surface area contributed by atoms with Crippen LogP contribution in [0.15, 0.2) is 21.8 Å². The van der Waals surface area contributed by atoms with Gasteiger partial charge in [0.1, 0.15) is 0 Å². The molecule has 1 rings (SSSR count). The number of thiophene rings is 1. The van der Waals surface area contributed by atoms with Crippen LogP contribution in [-0.4, -0.2) is 30.5 Å². The first-order valence-electron chi connectivity index (χ1n) is 5.50. The fraction of sp³-hybridized carbons (Fsp3) is 0.545. The molecule has 17 heavy (non-hydrogen) atoms. The summed E-state index contributed by atoms with van der Waals surface area (Å²) in [7, 11) is 0. The zero-order valence-corrected chi connectivity index (χ0v) is 13.4. The molecule has 0 amide bonds. The van der Waals surface area contributed by atoms with E-state index in [1.54, 1.807) is 11.3 Å². The molecule has 0 aliphatic heterocycles. The first-order chi connectivity index (χ1) is 7.69. The van der Waals surface area contributed by atoms with E-state index in [-0.39, 0.29) is 36.0 Å². The van der Waals surface area contributed by atoms with Gasteiger partial charge < -0.3 is 11.5 Å². The minimum atomic E-state index is 0. The van der Waals surface area contributed by atoms with Crippen molar-refractivity contribution in [3.05, 3.63) is 22.4 Å². The monoisotopic (exact) mass is 368 g/mol. The second kappa shape index (κ2) is 8.71. The van der Waals surface area contributed by atoms with Gasteiger partial charge in [-0.1, -0.05) is 13.8 Å². The Kier molecular flexibility index (Phi) is 8.53. The summed E-state index contributed by atoms with van der Waals surface area (Å²) in [5.74, 6) is 0.160. The highest BCUT2D eigenvalue weighted by molar-refractivity contribution is 14.0. The number of hydrogen-bond acceptors (Lipinski definition) is 3. The lowest BCUT2D eigenvalue weighted by Gasteiger charge is -2.27. The molecular weight excluding hydrogens is 347 g/mol. The van der Waals surface area contributed by atoms with E-state index in [2.05, 4.69) is 40.6 Å². The number of aliphatic imine (C=N–C) groups is 1. The zero-order chi connectivity index (χ0) is 12.0. The summed E-state index contributed by atoms with van der Waals surface area (Å²) < 4.78 is 0. The molecule has 0 spiro atoms. The van der Waals surface area contributed by atoms with Crippen molar-refractivity contribution in [3.8, 4) is 0 Å². The van der Waals surface area contributed by atoms with Crippen LogP contribution in [0.25, 0.3) is 0 Å². The zero-order valence-electron chi connectivity index (χ0n) is 10.3. The summed E-state index contributed by atoms with van der Waals surface area (Å²) in [6, 6.07) is 2.42. The highest BCUT2D eigenvalue weighted by atomic mass is 127. The first kappa shape index (κ1) is 16.7.